The van der Waals surface area contributed by atoms with E-state index in [9.17, 15) is 17.2 Å². The monoisotopic (exact) mass is 342 g/mol. The van der Waals surface area contributed by atoms with Crippen LogP contribution in [-0.4, -0.2) is 27.3 Å². The third-order valence-electron chi connectivity index (χ3n) is 2.28. The molecule has 0 radical (unpaired) electrons. The topological polar surface area (TPSA) is 58.2 Å². The van der Waals surface area contributed by atoms with E-state index in [-0.39, 0.29) is 11.0 Å². The molecule has 1 aromatic carbocycles. The number of rotatable bonds is 5. The minimum atomic E-state index is -3.76. The number of anilines is 1. The molecule has 0 aromatic heterocycles. The van der Waals surface area contributed by atoms with Crippen molar-refractivity contribution in [3.63, 3.8) is 0 Å². The molecule has 2 N–H and O–H groups in total. The highest BCUT2D eigenvalue weighted by Gasteiger charge is 2.22. The largest absolute Gasteiger partial charge is 0.318 e. The lowest BCUT2D eigenvalue weighted by Crippen LogP contribution is -2.33. The van der Waals surface area contributed by atoms with E-state index in [1.807, 2.05) is 4.72 Å². The lowest BCUT2D eigenvalue weighted by Gasteiger charge is -2.15. The first-order valence-corrected chi connectivity index (χ1v) is 7.42. The maximum atomic E-state index is 13.5. The summed E-state index contributed by atoms with van der Waals surface area (Å²) < 4.78 is 52.2. The van der Waals surface area contributed by atoms with Crippen LogP contribution < -0.4 is 10.0 Å². The van der Waals surface area contributed by atoms with E-state index in [2.05, 4.69) is 21.2 Å². The molecular weight excluding hydrogens is 330 g/mol. The standard InChI is InChI=1S/C10H13BrF2N2O2S/c1-6(5-14-2)18(16,17)15-10-4-8(12)7(11)3-9(10)13/h3-4,6,14-15H,5H2,1-2H3. The van der Waals surface area contributed by atoms with E-state index in [4.69, 9.17) is 0 Å². The van der Waals surface area contributed by atoms with Crippen LogP contribution in [0.4, 0.5) is 14.5 Å². The van der Waals surface area contributed by atoms with E-state index < -0.39 is 32.6 Å². The third-order valence-corrected chi connectivity index (χ3v) is 4.62. The van der Waals surface area contributed by atoms with Crippen LogP contribution in [0.2, 0.25) is 0 Å². The summed E-state index contributed by atoms with van der Waals surface area (Å²) in [5, 5.41) is 1.93. The second-order valence-electron chi connectivity index (χ2n) is 3.76. The molecule has 1 rings (SSSR count). The molecule has 1 aromatic rings. The van der Waals surface area contributed by atoms with Crippen molar-refractivity contribution in [2.45, 2.75) is 12.2 Å². The van der Waals surface area contributed by atoms with Gasteiger partial charge in [0.25, 0.3) is 0 Å². The third kappa shape index (κ3) is 3.63. The fourth-order valence-corrected chi connectivity index (χ4v) is 2.62. The lowest BCUT2D eigenvalue weighted by molar-refractivity contribution is 0.580. The Morgan fingerprint density at radius 3 is 2.50 bits per heavy atom. The van der Waals surface area contributed by atoms with Crippen molar-refractivity contribution in [3.8, 4) is 0 Å². The van der Waals surface area contributed by atoms with Gasteiger partial charge in [-0.1, -0.05) is 0 Å². The first kappa shape index (κ1) is 15.3. The normalized spacial score (nSPS) is 13.4. The highest BCUT2D eigenvalue weighted by molar-refractivity contribution is 9.10. The van der Waals surface area contributed by atoms with Gasteiger partial charge in [0.15, 0.2) is 0 Å². The average Bonchev–Trinajstić information content (AvgIpc) is 2.26. The molecule has 0 aliphatic carbocycles. The van der Waals surface area contributed by atoms with Crippen molar-refractivity contribution in [1.82, 2.24) is 5.32 Å². The predicted octanol–water partition coefficient (Wildman–Crippen LogP) is 2.08. The summed E-state index contributed by atoms with van der Waals surface area (Å²) in [6, 6.07) is 1.67. The zero-order valence-electron chi connectivity index (χ0n) is 9.80. The van der Waals surface area contributed by atoms with Gasteiger partial charge in [-0.2, -0.15) is 0 Å². The summed E-state index contributed by atoms with van der Waals surface area (Å²) >= 11 is 2.81. The van der Waals surface area contributed by atoms with Gasteiger partial charge >= 0.3 is 0 Å². The smallest absolute Gasteiger partial charge is 0.236 e. The zero-order valence-corrected chi connectivity index (χ0v) is 12.2. The molecule has 0 saturated carbocycles. The molecule has 102 valence electrons. The van der Waals surface area contributed by atoms with Crippen LogP contribution in [0.3, 0.4) is 0 Å². The Morgan fingerprint density at radius 1 is 1.33 bits per heavy atom. The Hall–Kier alpha value is -0.730. The molecule has 0 aliphatic rings. The van der Waals surface area contributed by atoms with Crippen LogP contribution >= 0.6 is 15.9 Å². The molecule has 0 aliphatic heterocycles. The van der Waals surface area contributed by atoms with E-state index in [0.29, 0.717) is 0 Å². The van der Waals surface area contributed by atoms with Crippen molar-refractivity contribution >= 4 is 31.6 Å². The van der Waals surface area contributed by atoms with Gasteiger partial charge in [-0.3, -0.25) is 4.72 Å². The molecule has 0 bridgehead atoms. The van der Waals surface area contributed by atoms with Gasteiger partial charge in [0, 0.05) is 12.6 Å². The summed E-state index contributed by atoms with van der Waals surface area (Å²) in [6.07, 6.45) is 0. The number of benzene rings is 1. The molecular formula is C10H13BrF2N2O2S. The highest BCUT2D eigenvalue weighted by Crippen LogP contribution is 2.24. The molecule has 1 unspecified atom stereocenters. The van der Waals surface area contributed by atoms with Crippen LogP contribution in [0.15, 0.2) is 16.6 Å². The van der Waals surface area contributed by atoms with Crippen molar-refractivity contribution in [1.29, 1.82) is 0 Å². The first-order chi connectivity index (χ1) is 8.27. The van der Waals surface area contributed by atoms with E-state index in [1.54, 1.807) is 7.05 Å². The second kappa shape index (κ2) is 5.94. The van der Waals surface area contributed by atoms with Crippen LogP contribution in [0.1, 0.15) is 6.92 Å². The Bertz CT molecular complexity index is 537. The molecule has 0 spiro atoms. The molecule has 0 saturated heterocycles. The number of nitrogens with one attached hydrogen (secondary N) is 2. The summed E-state index contributed by atoms with van der Waals surface area (Å²) in [6.45, 7) is 1.67. The lowest BCUT2D eigenvalue weighted by atomic mass is 10.3. The molecule has 1 atom stereocenters. The van der Waals surface area contributed by atoms with Crippen LogP contribution in [-0.2, 0) is 10.0 Å². The first-order valence-electron chi connectivity index (χ1n) is 5.08. The number of halogens is 3. The summed E-state index contributed by atoms with van der Waals surface area (Å²) in [7, 11) is -2.16. The highest BCUT2D eigenvalue weighted by atomic mass is 79.9. The molecule has 0 heterocycles. The van der Waals surface area contributed by atoms with Crippen molar-refractivity contribution in [2.75, 3.05) is 18.3 Å². The van der Waals surface area contributed by atoms with E-state index in [0.717, 1.165) is 12.1 Å². The Morgan fingerprint density at radius 2 is 1.94 bits per heavy atom. The van der Waals surface area contributed by atoms with Gasteiger partial charge in [0.05, 0.1) is 15.4 Å². The fourth-order valence-electron chi connectivity index (χ4n) is 1.25. The summed E-state index contributed by atoms with van der Waals surface area (Å²) in [4.78, 5) is 0. The second-order valence-corrected chi connectivity index (χ2v) is 6.71. The van der Waals surface area contributed by atoms with E-state index in [1.165, 1.54) is 6.92 Å². The number of hydrogen-bond donors (Lipinski definition) is 2. The average molecular weight is 343 g/mol. The van der Waals surface area contributed by atoms with Gasteiger partial charge in [0.2, 0.25) is 10.0 Å². The van der Waals surface area contributed by atoms with Crippen LogP contribution in [0, 0.1) is 11.6 Å². The Kier molecular flexibility index (Phi) is 5.06. The molecule has 8 heteroatoms. The van der Waals surface area contributed by atoms with E-state index >= 15 is 0 Å². The number of sulfonamides is 1. The molecule has 0 fully saturated rings. The quantitative estimate of drug-likeness (QED) is 0.805. The minimum absolute atomic E-state index is 0.0637. The van der Waals surface area contributed by atoms with Gasteiger partial charge < -0.3 is 5.32 Å². The summed E-state index contributed by atoms with van der Waals surface area (Å²) in [5.74, 6) is -1.58. The maximum Gasteiger partial charge on any atom is 0.236 e. The Balaban J connectivity index is 3.01. The van der Waals surface area contributed by atoms with Crippen molar-refractivity contribution in [2.24, 2.45) is 0 Å². The van der Waals surface area contributed by atoms with Gasteiger partial charge in [-0.05, 0) is 36.0 Å². The number of hydrogen-bond acceptors (Lipinski definition) is 3. The molecule has 0 amide bonds. The van der Waals surface area contributed by atoms with Gasteiger partial charge in [-0.15, -0.1) is 0 Å². The van der Waals surface area contributed by atoms with Crippen molar-refractivity contribution < 1.29 is 17.2 Å². The Labute approximate surface area is 113 Å². The fraction of sp³-hybridized carbons (Fsp3) is 0.400. The predicted molar refractivity (Wildman–Crippen MR) is 70.0 cm³/mol. The molecule has 18 heavy (non-hydrogen) atoms. The van der Waals surface area contributed by atoms with Crippen molar-refractivity contribution in [3.05, 3.63) is 28.2 Å². The maximum absolute atomic E-state index is 13.5. The van der Waals surface area contributed by atoms with Gasteiger partial charge in [-0.25, -0.2) is 17.2 Å². The minimum Gasteiger partial charge on any atom is -0.318 e. The zero-order chi connectivity index (χ0) is 13.9. The van der Waals surface area contributed by atoms with Crippen LogP contribution in [0.5, 0.6) is 0 Å². The van der Waals surface area contributed by atoms with Gasteiger partial charge in [0.1, 0.15) is 11.6 Å². The van der Waals surface area contributed by atoms with Crippen LogP contribution in [0.25, 0.3) is 0 Å². The SMILES string of the molecule is CNCC(C)S(=O)(=O)Nc1cc(F)c(Br)cc1F. The molecule has 4 nitrogen and oxygen atoms in total. The summed E-state index contributed by atoms with van der Waals surface area (Å²) in [5.41, 5.74) is -0.404.